The van der Waals surface area contributed by atoms with Gasteiger partial charge >= 0.3 is 0 Å². The van der Waals surface area contributed by atoms with Crippen molar-refractivity contribution in [3.8, 4) is 0 Å². The molecule has 1 fully saturated rings. The number of aryl methyl sites for hydroxylation is 1. The Kier molecular flexibility index (Phi) is 5.90. The largest absolute Gasteiger partial charge is 0.378 e. The molecular formula is C18H21ClN4O3. The Morgan fingerprint density at radius 1 is 1.35 bits per heavy atom. The monoisotopic (exact) mass is 376 g/mol. The molecular weight excluding hydrogens is 356 g/mol. The van der Waals surface area contributed by atoms with Gasteiger partial charge in [0.15, 0.2) is 0 Å². The molecule has 0 bridgehead atoms. The number of amides is 1. The molecule has 7 nitrogen and oxygen atoms in total. The third-order valence-corrected chi connectivity index (χ3v) is 4.60. The van der Waals surface area contributed by atoms with Gasteiger partial charge in [0.25, 0.3) is 5.56 Å². The van der Waals surface area contributed by atoms with E-state index < -0.39 is 0 Å². The lowest BCUT2D eigenvalue weighted by Gasteiger charge is -2.27. The number of halogens is 1. The summed E-state index contributed by atoms with van der Waals surface area (Å²) < 4.78 is 5.31. The van der Waals surface area contributed by atoms with Gasteiger partial charge in [0.2, 0.25) is 11.9 Å². The molecule has 2 aromatic rings. The van der Waals surface area contributed by atoms with E-state index in [0.717, 1.165) is 0 Å². The van der Waals surface area contributed by atoms with Crippen molar-refractivity contribution in [1.29, 1.82) is 0 Å². The predicted molar refractivity (Wildman–Crippen MR) is 101 cm³/mol. The molecule has 0 aliphatic carbocycles. The predicted octanol–water partition coefficient (Wildman–Crippen LogP) is 2.14. The minimum atomic E-state index is -0.204. The van der Waals surface area contributed by atoms with Gasteiger partial charge in [-0.15, -0.1) is 0 Å². The van der Waals surface area contributed by atoms with E-state index in [1.165, 1.54) is 0 Å². The SMILES string of the molecule is Cc1nc(N2CCOCC2)[nH]c(=O)c1CCC(=O)Nc1ccccc1Cl. The molecule has 1 aromatic carbocycles. The summed E-state index contributed by atoms with van der Waals surface area (Å²) in [5.41, 5.74) is 1.52. The lowest BCUT2D eigenvalue weighted by molar-refractivity contribution is -0.116. The van der Waals surface area contributed by atoms with E-state index in [4.69, 9.17) is 16.3 Å². The average molecular weight is 377 g/mol. The zero-order chi connectivity index (χ0) is 18.5. The van der Waals surface area contributed by atoms with Gasteiger partial charge in [-0.25, -0.2) is 4.98 Å². The van der Waals surface area contributed by atoms with E-state index in [-0.39, 0.29) is 17.9 Å². The van der Waals surface area contributed by atoms with Crippen LogP contribution in [0.15, 0.2) is 29.1 Å². The van der Waals surface area contributed by atoms with Gasteiger partial charge in [-0.1, -0.05) is 23.7 Å². The van der Waals surface area contributed by atoms with Crippen LogP contribution >= 0.6 is 11.6 Å². The molecule has 1 aromatic heterocycles. The van der Waals surface area contributed by atoms with Crippen molar-refractivity contribution >= 4 is 29.1 Å². The second-order valence-corrected chi connectivity index (χ2v) is 6.49. The van der Waals surface area contributed by atoms with Gasteiger partial charge in [-0.05, 0) is 25.5 Å². The van der Waals surface area contributed by atoms with Crippen molar-refractivity contribution in [3.63, 3.8) is 0 Å². The van der Waals surface area contributed by atoms with Gasteiger partial charge in [-0.3, -0.25) is 14.6 Å². The standard InChI is InChI=1S/C18H21ClN4O3/c1-12-13(6-7-16(24)21-15-5-3-2-4-14(15)19)17(25)22-18(20-12)23-8-10-26-11-9-23/h2-5H,6-11H2,1H3,(H,21,24)(H,20,22,25). The van der Waals surface area contributed by atoms with Crippen LogP contribution in [0, 0.1) is 6.92 Å². The molecule has 1 aliphatic heterocycles. The number of carbonyl (C=O) groups excluding carboxylic acids is 1. The zero-order valence-electron chi connectivity index (χ0n) is 14.5. The first-order valence-electron chi connectivity index (χ1n) is 8.51. The van der Waals surface area contributed by atoms with E-state index in [2.05, 4.69) is 15.3 Å². The topological polar surface area (TPSA) is 87.3 Å². The number of rotatable bonds is 5. The number of para-hydroxylation sites is 1. The summed E-state index contributed by atoms with van der Waals surface area (Å²) in [6.07, 6.45) is 0.488. The molecule has 138 valence electrons. The van der Waals surface area contributed by atoms with E-state index in [1.807, 2.05) is 4.90 Å². The fraction of sp³-hybridized carbons (Fsp3) is 0.389. The maximum Gasteiger partial charge on any atom is 0.255 e. The summed E-state index contributed by atoms with van der Waals surface area (Å²) in [5.74, 6) is 0.356. The van der Waals surface area contributed by atoms with Crippen molar-refractivity contribution in [1.82, 2.24) is 9.97 Å². The zero-order valence-corrected chi connectivity index (χ0v) is 15.3. The van der Waals surface area contributed by atoms with Crippen LogP contribution in [0.5, 0.6) is 0 Å². The van der Waals surface area contributed by atoms with Crippen molar-refractivity contribution in [3.05, 3.63) is 50.9 Å². The average Bonchev–Trinajstić information content (AvgIpc) is 2.63. The summed E-state index contributed by atoms with van der Waals surface area (Å²) in [6.45, 7) is 4.42. The lowest BCUT2D eigenvalue weighted by Crippen LogP contribution is -2.38. The van der Waals surface area contributed by atoms with Crippen LogP contribution in [0.1, 0.15) is 17.7 Å². The number of hydrogen-bond donors (Lipinski definition) is 2. The highest BCUT2D eigenvalue weighted by Gasteiger charge is 2.17. The third kappa shape index (κ3) is 4.42. The number of nitrogens with one attached hydrogen (secondary N) is 2. The second-order valence-electron chi connectivity index (χ2n) is 6.08. The van der Waals surface area contributed by atoms with Crippen molar-refractivity contribution in [2.45, 2.75) is 19.8 Å². The van der Waals surface area contributed by atoms with Crippen molar-refractivity contribution < 1.29 is 9.53 Å². The number of morpholine rings is 1. The number of aromatic nitrogens is 2. The number of ether oxygens (including phenoxy) is 1. The summed E-state index contributed by atoms with van der Waals surface area (Å²) in [5, 5.41) is 3.23. The highest BCUT2D eigenvalue weighted by molar-refractivity contribution is 6.33. The summed E-state index contributed by atoms with van der Waals surface area (Å²) in [4.78, 5) is 33.9. The molecule has 0 atom stereocenters. The van der Waals surface area contributed by atoms with Gasteiger partial charge < -0.3 is 15.0 Å². The first-order chi connectivity index (χ1) is 12.5. The number of anilines is 2. The van der Waals surface area contributed by atoms with E-state index in [1.54, 1.807) is 31.2 Å². The van der Waals surface area contributed by atoms with E-state index in [9.17, 15) is 9.59 Å². The fourth-order valence-corrected chi connectivity index (χ4v) is 3.01. The molecule has 26 heavy (non-hydrogen) atoms. The molecule has 0 radical (unpaired) electrons. The molecule has 1 saturated heterocycles. The Labute approximate surface area is 156 Å². The number of H-pyrrole nitrogens is 1. The Bertz CT molecular complexity index is 847. The van der Waals surface area contributed by atoms with Gasteiger partial charge in [-0.2, -0.15) is 0 Å². The highest BCUT2D eigenvalue weighted by atomic mass is 35.5. The number of nitrogens with zero attached hydrogens (tertiary/aromatic N) is 2. The quantitative estimate of drug-likeness (QED) is 0.834. The molecule has 1 amide bonds. The Balaban J connectivity index is 1.65. The first kappa shape index (κ1) is 18.4. The number of carbonyl (C=O) groups is 1. The Morgan fingerprint density at radius 2 is 2.08 bits per heavy atom. The molecule has 8 heteroatoms. The van der Waals surface area contributed by atoms with Gasteiger partial charge in [0.05, 0.1) is 23.9 Å². The molecule has 0 spiro atoms. The molecule has 2 heterocycles. The third-order valence-electron chi connectivity index (χ3n) is 4.27. The smallest absolute Gasteiger partial charge is 0.255 e. The summed E-state index contributed by atoms with van der Waals surface area (Å²) in [6, 6.07) is 7.03. The molecule has 0 saturated carbocycles. The van der Waals surface area contributed by atoms with E-state index >= 15 is 0 Å². The normalized spacial score (nSPS) is 14.3. The van der Waals surface area contributed by atoms with Gasteiger partial charge in [0, 0.05) is 30.8 Å². The second kappa shape index (κ2) is 8.33. The van der Waals surface area contributed by atoms with Crippen molar-refractivity contribution in [2.24, 2.45) is 0 Å². The van der Waals surface area contributed by atoms with Crippen LogP contribution in [-0.2, 0) is 16.0 Å². The number of aromatic amines is 1. The molecule has 2 N–H and O–H groups in total. The van der Waals surface area contributed by atoms with Crippen LogP contribution in [-0.4, -0.2) is 42.2 Å². The van der Waals surface area contributed by atoms with Crippen LogP contribution in [0.2, 0.25) is 5.02 Å². The molecule has 0 unspecified atom stereocenters. The maximum absolute atomic E-state index is 12.4. The number of hydrogen-bond acceptors (Lipinski definition) is 5. The minimum absolute atomic E-state index is 0.174. The molecule has 3 rings (SSSR count). The van der Waals surface area contributed by atoms with Gasteiger partial charge in [0.1, 0.15) is 0 Å². The van der Waals surface area contributed by atoms with Crippen LogP contribution in [0.3, 0.4) is 0 Å². The minimum Gasteiger partial charge on any atom is -0.378 e. The fourth-order valence-electron chi connectivity index (χ4n) is 2.83. The van der Waals surface area contributed by atoms with Crippen LogP contribution in [0.25, 0.3) is 0 Å². The molecule has 1 aliphatic rings. The summed E-state index contributed by atoms with van der Waals surface area (Å²) in [7, 11) is 0. The Hall–Kier alpha value is -2.38. The van der Waals surface area contributed by atoms with Crippen LogP contribution < -0.4 is 15.8 Å². The van der Waals surface area contributed by atoms with Crippen molar-refractivity contribution in [2.75, 3.05) is 36.5 Å². The van der Waals surface area contributed by atoms with E-state index in [0.29, 0.717) is 60.6 Å². The lowest BCUT2D eigenvalue weighted by atomic mass is 10.1. The summed E-state index contributed by atoms with van der Waals surface area (Å²) >= 11 is 6.03. The highest BCUT2D eigenvalue weighted by Crippen LogP contribution is 2.20. The maximum atomic E-state index is 12.4. The van der Waals surface area contributed by atoms with Crippen LogP contribution in [0.4, 0.5) is 11.6 Å². The first-order valence-corrected chi connectivity index (χ1v) is 8.89. The Morgan fingerprint density at radius 3 is 2.77 bits per heavy atom. The number of benzene rings is 1.